The Labute approximate surface area is 150 Å². The minimum absolute atomic E-state index is 0.0649. The number of benzene rings is 2. The Kier molecular flexibility index (Phi) is 4.01. The van der Waals surface area contributed by atoms with Crippen LogP contribution in [0.1, 0.15) is 35.2 Å². The summed E-state index contributed by atoms with van der Waals surface area (Å²) in [6.45, 7) is 0. The summed E-state index contributed by atoms with van der Waals surface area (Å²) in [6, 6.07) is 15.1. The average Bonchev–Trinajstić information content (AvgIpc) is 3.14. The molecule has 0 saturated heterocycles. The lowest BCUT2D eigenvalue weighted by atomic mass is 9.71. The van der Waals surface area contributed by atoms with Crippen LogP contribution < -0.4 is 5.32 Å². The molecule has 1 N–H and O–H groups in total. The molecule has 0 radical (unpaired) electrons. The van der Waals surface area contributed by atoms with Gasteiger partial charge in [0.15, 0.2) is 0 Å². The van der Waals surface area contributed by atoms with E-state index in [0.29, 0.717) is 10.6 Å². The van der Waals surface area contributed by atoms with Gasteiger partial charge in [-0.1, -0.05) is 23.7 Å². The lowest BCUT2D eigenvalue weighted by Gasteiger charge is -2.43. The first-order valence-corrected chi connectivity index (χ1v) is 8.58. The third-order valence-corrected chi connectivity index (χ3v) is 5.06. The fourth-order valence-corrected chi connectivity index (χ4v) is 3.32. The molecule has 1 heterocycles. The van der Waals surface area contributed by atoms with E-state index in [1.807, 2.05) is 48.5 Å². The van der Waals surface area contributed by atoms with Crippen LogP contribution in [0.4, 0.5) is 0 Å². The zero-order chi connectivity index (χ0) is 17.3. The second kappa shape index (κ2) is 6.33. The summed E-state index contributed by atoms with van der Waals surface area (Å²) in [5.41, 5.74) is 2.38. The van der Waals surface area contributed by atoms with Crippen LogP contribution in [0.3, 0.4) is 0 Å². The van der Waals surface area contributed by atoms with Gasteiger partial charge in [-0.05, 0) is 61.2 Å². The van der Waals surface area contributed by atoms with Crippen LogP contribution in [0.5, 0.6) is 0 Å². The maximum Gasteiger partial charge on any atom is 0.251 e. The van der Waals surface area contributed by atoms with E-state index in [1.54, 1.807) is 17.2 Å². The van der Waals surface area contributed by atoms with Crippen molar-refractivity contribution >= 4 is 17.5 Å². The van der Waals surface area contributed by atoms with E-state index in [-0.39, 0.29) is 11.4 Å². The molecule has 1 aliphatic rings. The highest BCUT2D eigenvalue weighted by molar-refractivity contribution is 6.30. The second-order valence-electron chi connectivity index (χ2n) is 6.31. The summed E-state index contributed by atoms with van der Waals surface area (Å²) in [6.07, 6.45) is 6.24. The fraction of sp³-hybridized carbons (Fsp3) is 0.211. The van der Waals surface area contributed by atoms with E-state index >= 15 is 0 Å². The second-order valence-corrected chi connectivity index (χ2v) is 6.75. The van der Waals surface area contributed by atoms with Crippen LogP contribution in [-0.2, 0) is 5.54 Å². The molecule has 126 valence electrons. The lowest BCUT2D eigenvalue weighted by molar-refractivity contribution is 0.0823. The molecule has 1 aliphatic carbocycles. The van der Waals surface area contributed by atoms with Crippen LogP contribution in [0.2, 0.25) is 5.02 Å². The van der Waals surface area contributed by atoms with Crippen LogP contribution in [-0.4, -0.2) is 20.7 Å². The molecular formula is C19H17ClN4O. The van der Waals surface area contributed by atoms with E-state index in [4.69, 9.17) is 11.6 Å². The first kappa shape index (κ1) is 15.8. The summed E-state index contributed by atoms with van der Waals surface area (Å²) < 4.78 is 1.79. The molecule has 1 fully saturated rings. The molecule has 6 heteroatoms. The minimum Gasteiger partial charge on any atom is -0.343 e. The zero-order valence-corrected chi connectivity index (χ0v) is 14.3. The van der Waals surface area contributed by atoms with Gasteiger partial charge < -0.3 is 5.32 Å². The summed E-state index contributed by atoms with van der Waals surface area (Å²) in [5.74, 6) is -0.0649. The predicted molar refractivity (Wildman–Crippen MR) is 95.8 cm³/mol. The van der Waals surface area contributed by atoms with Gasteiger partial charge >= 0.3 is 0 Å². The van der Waals surface area contributed by atoms with E-state index in [9.17, 15) is 4.79 Å². The Hall–Kier alpha value is -2.66. The Morgan fingerprint density at radius 2 is 1.64 bits per heavy atom. The standard InChI is InChI=1S/C19H17ClN4O/c20-16-6-4-15(5-7-16)19(10-1-11-19)23-18(25)14-2-8-17(9-3-14)24-12-21-22-13-24/h2-9,12-13H,1,10-11H2,(H,23,25). The molecule has 1 aromatic heterocycles. The van der Waals surface area contributed by atoms with Crippen molar-refractivity contribution < 1.29 is 4.79 Å². The number of carbonyl (C=O) groups is 1. The summed E-state index contributed by atoms with van der Waals surface area (Å²) in [7, 11) is 0. The molecule has 0 bridgehead atoms. The Bertz CT molecular complexity index is 869. The highest BCUT2D eigenvalue weighted by atomic mass is 35.5. The van der Waals surface area contributed by atoms with Gasteiger partial charge in [0.05, 0.1) is 5.54 Å². The average molecular weight is 353 g/mol. The monoisotopic (exact) mass is 352 g/mol. The maximum absolute atomic E-state index is 12.7. The molecule has 3 aromatic rings. The minimum atomic E-state index is -0.283. The van der Waals surface area contributed by atoms with Crippen molar-refractivity contribution in [2.45, 2.75) is 24.8 Å². The predicted octanol–water partition coefficient (Wildman–Crippen LogP) is 3.73. The highest BCUT2D eigenvalue weighted by Crippen LogP contribution is 2.41. The summed E-state index contributed by atoms with van der Waals surface area (Å²) in [4.78, 5) is 12.7. The van der Waals surface area contributed by atoms with Gasteiger partial charge in [0.25, 0.3) is 5.91 Å². The fourth-order valence-electron chi connectivity index (χ4n) is 3.19. The maximum atomic E-state index is 12.7. The number of rotatable bonds is 4. The van der Waals surface area contributed by atoms with Gasteiger partial charge in [0.1, 0.15) is 12.7 Å². The van der Waals surface area contributed by atoms with Gasteiger partial charge in [0.2, 0.25) is 0 Å². The van der Waals surface area contributed by atoms with Crippen molar-refractivity contribution in [3.8, 4) is 5.69 Å². The molecular weight excluding hydrogens is 336 g/mol. The van der Waals surface area contributed by atoms with Gasteiger partial charge in [0, 0.05) is 16.3 Å². The van der Waals surface area contributed by atoms with Crippen LogP contribution >= 0.6 is 11.6 Å². The van der Waals surface area contributed by atoms with E-state index in [1.165, 1.54) is 0 Å². The molecule has 4 rings (SSSR count). The first-order chi connectivity index (χ1) is 12.2. The number of carbonyl (C=O) groups excluding carboxylic acids is 1. The topological polar surface area (TPSA) is 59.8 Å². The van der Waals surface area contributed by atoms with E-state index < -0.39 is 0 Å². The normalized spacial score (nSPS) is 15.4. The first-order valence-electron chi connectivity index (χ1n) is 8.20. The van der Waals surface area contributed by atoms with Crippen molar-refractivity contribution in [2.24, 2.45) is 0 Å². The zero-order valence-electron chi connectivity index (χ0n) is 13.5. The van der Waals surface area contributed by atoms with Crippen LogP contribution in [0.25, 0.3) is 5.69 Å². The van der Waals surface area contributed by atoms with Crippen LogP contribution in [0.15, 0.2) is 61.2 Å². The Morgan fingerprint density at radius 3 is 2.20 bits per heavy atom. The summed E-state index contributed by atoms with van der Waals surface area (Å²) >= 11 is 5.98. The molecule has 1 saturated carbocycles. The number of aromatic nitrogens is 3. The number of hydrogen-bond acceptors (Lipinski definition) is 3. The van der Waals surface area contributed by atoms with Gasteiger partial charge in [-0.2, -0.15) is 0 Å². The van der Waals surface area contributed by atoms with Crippen molar-refractivity contribution in [2.75, 3.05) is 0 Å². The highest BCUT2D eigenvalue weighted by Gasteiger charge is 2.40. The number of nitrogens with one attached hydrogen (secondary N) is 1. The van der Waals surface area contributed by atoms with E-state index in [2.05, 4.69) is 15.5 Å². The largest absolute Gasteiger partial charge is 0.343 e. The molecule has 5 nitrogen and oxygen atoms in total. The van der Waals surface area contributed by atoms with Gasteiger partial charge in [-0.3, -0.25) is 9.36 Å². The smallest absolute Gasteiger partial charge is 0.251 e. The van der Waals surface area contributed by atoms with Gasteiger partial charge in [-0.25, -0.2) is 0 Å². The van der Waals surface area contributed by atoms with E-state index in [0.717, 1.165) is 30.5 Å². The molecule has 1 amide bonds. The Morgan fingerprint density at radius 1 is 1.00 bits per heavy atom. The number of nitrogens with zero attached hydrogens (tertiary/aromatic N) is 3. The van der Waals surface area contributed by atoms with Crippen molar-refractivity contribution in [3.63, 3.8) is 0 Å². The SMILES string of the molecule is O=C(NC1(c2ccc(Cl)cc2)CCC1)c1ccc(-n2cnnc2)cc1. The van der Waals surface area contributed by atoms with Crippen LogP contribution in [0, 0.1) is 0 Å². The molecule has 0 atom stereocenters. The molecule has 0 unspecified atom stereocenters. The third kappa shape index (κ3) is 3.03. The van der Waals surface area contributed by atoms with Gasteiger partial charge in [-0.15, -0.1) is 10.2 Å². The quantitative estimate of drug-likeness (QED) is 0.778. The summed E-state index contributed by atoms with van der Waals surface area (Å²) in [5, 5.41) is 11.5. The third-order valence-electron chi connectivity index (χ3n) is 4.80. The van der Waals surface area contributed by atoms with Crippen molar-refractivity contribution in [1.82, 2.24) is 20.1 Å². The molecule has 0 aliphatic heterocycles. The number of hydrogen-bond donors (Lipinski definition) is 1. The Balaban J connectivity index is 1.53. The number of amides is 1. The van der Waals surface area contributed by atoms with Crippen molar-refractivity contribution in [1.29, 1.82) is 0 Å². The van der Waals surface area contributed by atoms with Crippen molar-refractivity contribution in [3.05, 3.63) is 77.3 Å². The lowest BCUT2D eigenvalue weighted by Crippen LogP contribution is -2.50. The molecule has 25 heavy (non-hydrogen) atoms. The molecule has 2 aromatic carbocycles. The number of halogens is 1. The molecule has 0 spiro atoms.